The molecule has 0 bridgehead atoms. The summed E-state index contributed by atoms with van der Waals surface area (Å²) >= 11 is 0. The first-order chi connectivity index (χ1) is 16.6. The van der Waals surface area contributed by atoms with Crippen molar-refractivity contribution in [2.75, 3.05) is 18.4 Å². The summed E-state index contributed by atoms with van der Waals surface area (Å²) in [4.78, 5) is 35.4. The lowest BCUT2D eigenvalue weighted by Crippen LogP contribution is -2.35. The topological polar surface area (TPSA) is 92.5 Å². The lowest BCUT2D eigenvalue weighted by Gasteiger charge is -2.26. The zero-order valence-corrected chi connectivity index (χ0v) is 18.4. The van der Waals surface area contributed by atoms with Crippen LogP contribution in [0.5, 0.6) is 0 Å². The lowest BCUT2D eigenvalue weighted by atomic mass is 10.1. The van der Waals surface area contributed by atoms with Crippen LogP contribution in [0.15, 0.2) is 61.3 Å². The monoisotopic (exact) mass is 458 g/mol. The van der Waals surface area contributed by atoms with Crippen molar-refractivity contribution in [1.29, 1.82) is 0 Å². The van der Waals surface area contributed by atoms with E-state index in [1.807, 2.05) is 23.1 Å². The number of hydrogen-bond donors (Lipinski definition) is 1. The van der Waals surface area contributed by atoms with Crippen LogP contribution in [0.4, 0.5) is 10.1 Å². The molecule has 172 valence electrons. The van der Waals surface area contributed by atoms with Crippen molar-refractivity contribution in [3.05, 3.63) is 78.3 Å². The fraction of sp³-hybridized carbons (Fsp3) is 0.240. The molecule has 2 amide bonds. The van der Waals surface area contributed by atoms with Gasteiger partial charge in [0.2, 0.25) is 5.91 Å². The van der Waals surface area contributed by atoms with Crippen LogP contribution < -0.4 is 5.32 Å². The molecule has 5 rings (SSSR count). The summed E-state index contributed by atoms with van der Waals surface area (Å²) in [7, 11) is 0. The summed E-state index contributed by atoms with van der Waals surface area (Å²) in [5.41, 5.74) is 3.75. The molecule has 0 spiro atoms. The van der Waals surface area contributed by atoms with Crippen molar-refractivity contribution in [2.24, 2.45) is 0 Å². The van der Waals surface area contributed by atoms with Crippen molar-refractivity contribution in [3.8, 4) is 11.3 Å². The zero-order chi connectivity index (χ0) is 23.5. The van der Waals surface area contributed by atoms with E-state index in [1.54, 1.807) is 29.2 Å². The van der Waals surface area contributed by atoms with Gasteiger partial charge in [0.25, 0.3) is 5.91 Å². The highest BCUT2D eigenvalue weighted by Gasteiger charge is 2.22. The standard InChI is InChI=1S/C25H23FN6O2/c26-19-9-17(12-27-14-19)10-24(33)30-20-11-18(13-28-15-20)22-5-4-6-23-21(16-29-32(22)23)25(34)31-7-2-1-3-8-31/h4-6,9,11-16H,1-3,7-8,10H2,(H,30,33). The number of amides is 2. The Bertz CT molecular complexity index is 1360. The predicted octanol–water partition coefficient (Wildman–Crippen LogP) is 3.74. The molecule has 1 fully saturated rings. The van der Waals surface area contributed by atoms with Crippen LogP contribution >= 0.6 is 0 Å². The SMILES string of the molecule is O=C(Cc1cncc(F)c1)Nc1cncc(-c2cccc3c(C(=O)N4CCCCC4)cnn23)c1. The van der Waals surface area contributed by atoms with E-state index >= 15 is 0 Å². The van der Waals surface area contributed by atoms with Crippen LogP contribution in [0, 0.1) is 5.82 Å². The average molecular weight is 458 g/mol. The fourth-order valence-corrected chi connectivity index (χ4v) is 4.25. The molecule has 0 aromatic carbocycles. The second-order valence-electron chi connectivity index (χ2n) is 8.32. The van der Waals surface area contributed by atoms with Gasteiger partial charge in [0.05, 0.1) is 47.5 Å². The Morgan fingerprint density at radius 1 is 0.971 bits per heavy atom. The number of aromatic nitrogens is 4. The smallest absolute Gasteiger partial charge is 0.257 e. The molecule has 8 nitrogen and oxygen atoms in total. The Morgan fingerprint density at radius 2 is 1.79 bits per heavy atom. The Balaban J connectivity index is 1.39. The molecule has 9 heteroatoms. The molecular formula is C25H23FN6O2. The van der Waals surface area contributed by atoms with E-state index in [0.717, 1.165) is 55.3 Å². The number of halogens is 1. The predicted molar refractivity (Wildman–Crippen MR) is 125 cm³/mol. The number of anilines is 1. The molecule has 1 aliphatic heterocycles. The molecular weight excluding hydrogens is 435 g/mol. The summed E-state index contributed by atoms with van der Waals surface area (Å²) in [5, 5.41) is 7.27. The van der Waals surface area contributed by atoms with Gasteiger partial charge in [-0.2, -0.15) is 5.10 Å². The van der Waals surface area contributed by atoms with Crippen LogP contribution in [0.3, 0.4) is 0 Å². The van der Waals surface area contributed by atoms with Crippen LogP contribution in [0.1, 0.15) is 35.2 Å². The minimum atomic E-state index is -0.487. The van der Waals surface area contributed by atoms with Gasteiger partial charge in [-0.1, -0.05) is 6.07 Å². The second kappa shape index (κ2) is 9.38. The fourth-order valence-electron chi connectivity index (χ4n) is 4.25. The molecule has 1 saturated heterocycles. The second-order valence-corrected chi connectivity index (χ2v) is 8.32. The van der Waals surface area contributed by atoms with Gasteiger partial charge in [0.15, 0.2) is 0 Å². The molecule has 5 heterocycles. The van der Waals surface area contributed by atoms with Gasteiger partial charge in [-0.25, -0.2) is 8.91 Å². The van der Waals surface area contributed by atoms with Gasteiger partial charge < -0.3 is 10.2 Å². The number of likely N-dealkylation sites (tertiary alicyclic amines) is 1. The van der Waals surface area contributed by atoms with E-state index in [9.17, 15) is 14.0 Å². The van der Waals surface area contributed by atoms with Crippen molar-refractivity contribution >= 4 is 23.0 Å². The number of nitrogens with zero attached hydrogens (tertiary/aromatic N) is 5. The first-order valence-corrected chi connectivity index (χ1v) is 11.2. The molecule has 0 unspecified atom stereocenters. The van der Waals surface area contributed by atoms with E-state index in [0.29, 0.717) is 16.8 Å². The lowest BCUT2D eigenvalue weighted by molar-refractivity contribution is -0.115. The summed E-state index contributed by atoms with van der Waals surface area (Å²) < 4.78 is 15.1. The van der Waals surface area contributed by atoms with Crippen LogP contribution in [0.25, 0.3) is 16.8 Å². The molecule has 0 radical (unpaired) electrons. The third-order valence-electron chi connectivity index (χ3n) is 5.86. The summed E-state index contributed by atoms with van der Waals surface area (Å²) in [6.07, 6.45) is 10.6. The highest BCUT2D eigenvalue weighted by molar-refractivity contribution is 6.01. The van der Waals surface area contributed by atoms with Crippen molar-refractivity contribution in [3.63, 3.8) is 0 Å². The number of nitrogens with one attached hydrogen (secondary N) is 1. The molecule has 0 atom stereocenters. The minimum Gasteiger partial charge on any atom is -0.339 e. The van der Waals surface area contributed by atoms with Crippen LogP contribution in [0.2, 0.25) is 0 Å². The third kappa shape index (κ3) is 4.50. The number of piperidine rings is 1. The van der Waals surface area contributed by atoms with Gasteiger partial charge in [-0.05, 0) is 49.1 Å². The molecule has 1 aliphatic rings. The van der Waals surface area contributed by atoms with Crippen molar-refractivity contribution in [2.45, 2.75) is 25.7 Å². The normalized spacial score (nSPS) is 13.7. The minimum absolute atomic E-state index is 0.00201. The summed E-state index contributed by atoms with van der Waals surface area (Å²) in [6.45, 7) is 1.54. The Morgan fingerprint density at radius 3 is 2.62 bits per heavy atom. The highest BCUT2D eigenvalue weighted by atomic mass is 19.1. The van der Waals surface area contributed by atoms with E-state index in [1.165, 1.54) is 12.3 Å². The molecule has 0 aliphatic carbocycles. The van der Waals surface area contributed by atoms with E-state index < -0.39 is 5.82 Å². The summed E-state index contributed by atoms with van der Waals surface area (Å²) in [5.74, 6) is -0.796. The Hall–Kier alpha value is -4.14. The summed E-state index contributed by atoms with van der Waals surface area (Å²) in [6, 6.07) is 8.71. The van der Waals surface area contributed by atoms with E-state index in [2.05, 4.69) is 20.4 Å². The molecule has 1 N–H and O–H groups in total. The first kappa shape index (κ1) is 21.7. The first-order valence-electron chi connectivity index (χ1n) is 11.2. The van der Waals surface area contributed by atoms with Crippen LogP contribution in [-0.4, -0.2) is 49.4 Å². The van der Waals surface area contributed by atoms with Crippen LogP contribution in [-0.2, 0) is 11.2 Å². The Labute approximate surface area is 195 Å². The largest absolute Gasteiger partial charge is 0.339 e. The number of fused-ring (bicyclic) bond motifs is 1. The third-order valence-corrected chi connectivity index (χ3v) is 5.86. The van der Waals surface area contributed by atoms with E-state index in [-0.39, 0.29) is 18.2 Å². The van der Waals surface area contributed by atoms with Gasteiger partial charge in [0.1, 0.15) is 5.82 Å². The maximum absolute atomic E-state index is 13.3. The van der Waals surface area contributed by atoms with Gasteiger partial charge in [-0.3, -0.25) is 19.6 Å². The number of carbonyl (C=O) groups is 2. The van der Waals surface area contributed by atoms with Crippen molar-refractivity contribution < 1.29 is 14.0 Å². The average Bonchev–Trinajstić information content (AvgIpc) is 3.28. The van der Waals surface area contributed by atoms with E-state index in [4.69, 9.17) is 0 Å². The van der Waals surface area contributed by atoms with Gasteiger partial charge in [0, 0.05) is 31.0 Å². The molecule has 4 aromatic rings. The number of rotatable bonds is 5. The number of pyridine rings is 3. The van der Waals surface area contributed by atoms with Gasteiger partial charge in [-0.15, -0.1) is 0 Å². The molecule has 34 heavy (non-hydrogen) atoms. The maximum Gasteiger partial charge on any atom is 0.257 e. The molecule has 0 saturated carbocycles. The zero-order valence-electron chi connectivity index (χ0n) is 18.4. The quantitative estimate of drug-likeness (QED) is 0.492. The van der Waals surface area contributed by atoms with Crippen molar-refractivity contribution in [1.82, 2.24) is 24.5 Å². The Kier molecular flexibility index (Phi) is 5.99. The van der Waals surface area contributed by atoms with Gasteiger partial charge >= 0.3 is 0 Å². The maximum atomic E-state index is 13.3. The molecule has 4 aromatic heterocycles. The number of carbonyl (C=O) groups excluding carboxylic acids is 2. The highest BCUT2D eigenvalue weighted by Crippen LogP contribution is 2.25. The number of hydrogen-bond acceptors (Lipinski definition) is 5.